The molecule has 1 saturated heterocycles. The second-order valence-electron chi connectivity index (χ2n) is 6.70. The first-order valence-corrected chi connectivity index (χ1v) is 8.59. The van der Waals surface area contributed by atoms with E-state index in [9.17, 15) is 9.59 Å². The number of carbonyl (C=O) groups excluding carboxylic acids is 2. The predicted molar refractivity (Wildman–Crippen MR) is 96.2 cm³/mol. The van der Waals surface area contributed by atoms with Crippen molar-refractivity contribution in [3.63, 3.8) is 0 Å². The number of ether oxygens (including phenoxy) is 1. The number of likely N-dealkylation sites (tertiary alicyclic amines) is 1. The third-order valence-electron chi connectivity index (χ3n) is 4.94. The van der Waals surface area contributed by atoms with Gasteiger partial charge in [0.2, 0.25) is 5.91 Å². The highest BCUT2D eigenvalue weighted by atomic mass is 16.5. The fraction of sp³-hybridized carbons (Fsp3) is 0.333. The zero-order valence-corrected chi connectivity index (χ0v) is 14.9. The van der Waals surface area contributed by atoms with Crippen LogP contribution in [0.15, 0.2) is 48.5 Å². The Hall–Kier alpha value is -2.62. The lowest BCUT2D eigenvalue weighted by Crippen LogP contribution is -2.30. The van der Waals surface area contributed by atoms with Crippen molar-refractivity contribution in [2.45, 2.75) is 33.2 Å². The van der Waals surface area contributed by atoms with E-state index in [1.807, 2.05) is 63.2 Å². The molecule has 1 aliphatic rings. The molecule has 0 bridgehead atoms. The Morgan fingerprint density at radius 3 is 2.52 bits per heavy atom. The maximum absolute atomic E-state index is 12.5. The van der Waals surface area contributed by atoms with Gasteiger partial charge < -0.3 is 9.64 Å². The van der Waals surface area contributed by atoms with Gasteiger partial charge in [-0.2, -0.15) is 0 Å². The maximum Gasteiger partial charge on any atom is 0.316 e. The molecule has 0 spiro atoms. The zero-order valence-electron chi connectivity index (χ0n) is 14.9. The molecule has 130 valence electrons. The minimum atomic E-state index is -0.416. The molecule has 4 nitrogen and oxygen atoms in total. The lowest BCUT2D eigenvalue weighted by atomic mass is 10.1. The minimum absolute atomic E-state index is 0.00149. The van der Waals surface area contributed by atoms with Crippen LogP contribution in [-0.4, -0.2) is 23.3 Å². The molecule has 1 aliphatic heterocycles. The molecule has 0 aromatic heterocycles. The number of hydrogen-bond donors (Lipinski definition) is 0. The molecular formula is C21H23NO3. The van der Waals surface area contributed by atoms with Crippen molar-refractivity contribution in [2.75, 3.05) is 6.54 Å². The lowest BCUT2D eigenvalue weighted by Gasteiger charge is -2.25. The molecule has 2 aromatic carbocycles. The van der Waals surface area contributed by atoms with Gasteiger partial charge in [-0.05, 0) is 49.6 Å². The van der Waals surface area contributed by atoms with E-state index in [4.69, 9.17) is 4.74 Å². The summed E-state index contributed by atoms with van der Waals surface area (Å²) in [5, 5.41) is 0. The summed E-state index contributed by atoms with van der Waals surface area (Å²) in [6.45, 7) is 6.39. The van der Waals surface area contributed by atoms with Crippen molar-refractivity contribution in [1.82, 2.24) is 4.90 Å². The molecule has 0 radical (unpaired) electrons. The average molecular weight is 337 g/mol. The van der Waals surface area contributed by atoms with E-state index in [0.29, 0.717) is 12.3 Å². The Morgan fingerprint density at radius 2 is 1.84 bits per heavy atom. The number of amides is 1. The van der Waals surface area contributed by atoms with E-state index in [-0.39, 0.29) is 24.3 Å². The van der Waals surface area contributed by atoms with Gasteiger partial charge in [0.15, 0.2) is 0 Å². The van der Waals surface area contributed by atoms with Crippen molar-refractivity contribution >= 4 is 11.9 Å². The van der Waals surface area contributed by atoms with Gasteiger partial charge in [0.25, 0.3) is 0 Å². The summed E-state index contributed by atoms with van der Waals surface area (Å²) in [5.41, 5.74) is 3.30. The van der Waals surface area contributed by atoms with Gasteiger partial charge in [-0.15, -0.1) is 0 Å². The highest BCUT2D eigenvalue weighted by Crippen LogP contribution is 2.29. The van der Waals surface area contributed by atoms with E-state index in [1.165, 1.54) is 0 Å². The summed E-state index contributed by atoms with van der Waals surface area (Å²) >= 11 is 0. The first-order chi connectivity index (χ1) is 12.0. The van der Waals surface area contributed by atoms with Crippen LogP contribution < -0.4 is 4.74 Å². The molecular weight excluding hydrogens is 314 g/mol. The second kappa shape index (κ2) is 7.09. The summed E-state index contributed by atoms with van der Waals surface area (Å²) < 4.78 is 5.50. The maximum atomic E-state index is 12.5. The van der Waals surface area contributed by atoms with Crippen molar-refractivity contribution in [3.8, 4) is 5.75 Å². The van der Waals surface area contributed by atoms with Crippen LogP contribution >= 0.6 is 0 Å². The molecule has 0 aliphatic carbocycles. The van der Waals surface area contributed by atoms with Crippen LogP contribution in [0.4, 0.5) is 0 Å². The number of nitrogens with zero attached hydrogens (tertiary/aromatic N) is 1. The molecule has 2 atom stereocenters. The SMILES string of the molecule is Cc1ccc(OC(=O)[C@H]2CC(=O)N([C@@H](C)c3ccccc3)C2)cc1C. The molecule has 0 N–H and O–H groups in total. The number of esters is 1. The monoisotopic (exact) mass is 337 g/mol. The molecule has 3 rings (SSSR count). The third kappa shape index (κ3) is 3.73. The first kappa shape index (κ1) is 17.2. The quantitative estimate of drug-likeness (QED) is 0.629. The Bertz CT molecular complexity index is 785. The summed E-state index contributed by atoms with van der Waals surface area (Å²) in [5.74, 6) is -0.215. The number of rotatable bonds is 4. The number of hydrogen-bond acceptors (Lipinski definition) is 3. The standard InChI is InChI=1S/C21H23NO3/c1-14-9-10-19(11-15(14)2)25-21(24)18-12-20(23)22(13-18)16(3)17-7-5-4-6-8-17/h4-11,16,18H,12-13H2,1-3H3/t16-,18-/m0/s1. The van der Waals surface area contributed by atoms with E-state index < -0.39 is 5.92 Å². The number of benzene rings is 2. The van der Waals surface area contributed by atoms with Gasteiger partial charge in [-0.1, -0.05) is 36.4 Å². The Kier molecular flexibility index (Phi) is 4.88. The lowest BCUT2D eigenvalue weighted by molar-refractivity contribution is -0.139. The van der Waals surface area contributed by atoms with E-state index in [2.05, 4.69) is 0 Å². The summed E-state index contributed by atoms with van der Waals surface area (Å²) in [6, 6.07) is 15.4. The third-order valence-corrected chi connectivity index (χ3v) is 4.94. The minimum Gasteiger partial charge on any atom is -0.426 e. The predicted octanol–water partition coefficient (Wildman–Crippen LogP) is 3.82. The highest BCUT2D eigenvalue weighted by Gasteiger charge is 2.38. The molecule has 1 amide bonds. The van der Waals surface area contributed by atoms with E-state index in [0.717, 1.165) is 16.7 Å². The number of carbonyl (C=O) groups is 2. The van der Waals surface area contributed by atoms with Crippen LogP contribution in [0.2, 0.25) is 0 Å². The Labute approximate surface area is 148 Å². The highest BCUT2D eigenvalue weighted by molar-refractivity contribution is 5.88. The molecule has 2 aromatic rings. The van der Waals surface area contributed by atoms with Crippen LogP contribution in [0.5, 0.6) is 5.75 Å². The van der Waals surface area contributed by atoms with Crippen molar-refractivity contribution in [2.24, 2.45) is 5.92 Å². The van der Waals surface area contributed by atoms with Gasteiger partial charge in [0, 0.05) is 13.0 Å². The molecule has 0 unspecified atom stereocenters. The van der Waals surface area contributed by atoms with Crippen LogP contribution in [0, 0.1) is 19.8 Å². The molecule has 0 saturated carbocycles. The Morgan fingerprint density at radius 1 is 1.12 bits per heavy atom. The summed E-state index contributed by atoms with van der Waals surface area (Å²) in [6.07, 6.45) is 0.209. The normalized spacial score (nSPS) is 18.3. The van der Waals surface area contributed by atoms with Crippen molar-refractivity contribution in [3.05, 3.63) is 65.2 Å². The fourth-order valence-corrected chi connectivity index (χ4v) is 3.15. The molecule has 1 fully saturated rings. The van der Waals surface area contributed by atoms with Crippen LogP contribution in [0.3, 0.4) is 0 Å². The Balaban J connectivity index is 1.67. The van der Waals surface area contributed by atoms with E-state index in [1.54, 1.807) is 11.0 Å². The largest absolute Gasteiger partial charge is 0.426 e. The van der Waals surface area contributed by atoms with Gasteiger partial charge in [-0.25, -0.2) is 0 Å². The topological polar surface area (TPSA) is 46.6 Å². The number of aryl methyl sites for hydroxylation is 2. The van der Waals surface area contributed by atoms with Crippen LogP contribution in [0.1, 0.15) is 36.1 Å². The van der Waals surface area contributed by atoms with Crippen LogP contribution in [0.25, 0.3) is 0 Å². The smallest absolute Gasteiger partial charge is 0.316 e. The second-order valence-corrected chi connectivity index (χ2v) is 6.70. The average Bonchev–Trinajstić information content (AvgIpc) is 3.00. The van der Waals surface area contributed by atoms with Gasteiger partial charge >= 0.3 is 5.97 Å². The molecule has 25 heavy (non-hydrogen) atoms. The fourth-order valence-electron chi connectivity index (χ4n) is 3.15. The van der Waals surface area contributed by atoms with Crippen molar-refractivity contribution in [1.29, 1.82) is 0 Å². The van der Waals surface area contributed by atoms with Gasteiger partial charge in [0.05, 0.1) is 12.0 Å². The van der Waals surface area contributed by atoms with E-state index >= 15 is 0 Å². The van der Waals surface area contributed by atoms with Gasteiger partial charge in [0.1, 0.15) is 5.75 Å². The van der Waals surface area contributed by atoms with Gasteiger partial charge in [-0.3, -0.25) is 9.59 Å². The summed E-state index contributed by atoms with van der Waals surface area (Å²) in [7, 11) is 0. The summed E-state index contributed by atoms with van der Waals surface area (Å²) in [4.78, 5) is 26.6. The van der Waals surface area contributed by atoms with Crippen molar-refractivity contribution < 1.29 is 14.3 Å². The van der Waals surface area contributed by atoms with Crippen LogP contribution in [-0.2, 0) is 9.59 Å². The molecule has 4 heteroatoms. The molecule has 1 heterocycles. The first-order valence-electron chi connectivity index (χ1n) is 8.59. The zero-order chi connectivity index (χ0) is 18.0.